The van der Waals surface area contributed by atoms with Crippen molar-refractivity contribution >= 4 is 0 Å². The fourth-order valence-electron chi connectivity index (χ4n) is 2.65. The lowest BCUT2D eigenvalue weighted by atomic mass is 9.91. The molecule has 0 bridgehead atoms. The van der Waals surface area contributed by atoms with Crippen LogP contribution in [0.5, 0.6) is 0 Å². The van der Waals surface area contributed by atoms with Crippen LogP contribution in [0.3, 0.4) is 0 Å². The van der Waals surface area contributed by atoms with E-state index in [1.54, 1.807) is 0 Å². The molecule has 0 aromatic heterocycles. The van der Waals surface area contributed by atoms with Crippen LogP contribution in [0.1, 0.15) is 56.2 Å². The first-order valence-corrected chi connectivity index (χ1v) is 7.50. The molecule has 1 aromatic carbocycles. The molecule has 0 spiro atoms. The fraction of sp³-hybridized carbons (Fsp3) is 0.647. The summed E-state index contributed by atoms with van der Waals surface area (Å²) >= 11 is 0. The van der Waals surface area contributed by atoms with Gasteiger partial charge in [0.2, 0.25) is 0 Å². The Bertz CT molecular complexity index is 406. The Hall–Kier alpha value is -0.860. The number of benzene rings is 1. The van der Waals surface area contributed by atoms with Crippen LogP contribution in [0, 0.1) is 0 Å². The summed E-state index contributed by atoms with van der Waals surface area (Å²) in [5.74, 6) is 1.20. The lowest BCUT2D eigenvalue weighted by Gasteiger charge is -2.28. The zero-order chi connectivity index (χ0) is 13.8. The van der Waals surface area contributed by atoms with E-state index in [4.69, 9.17) is 4.74 Å². The van der Waals surface area contributed by atoms with E-state index in [-0.39, 0.29) is 0 Å². The number of rotatable bonds is 4. The molecule has 0 amide bonds. The zero-order valence-corrected chi connectivity index (χ0v) is 12.8. The number of morpholine rings is 1. The van der Waals surface area contributed by atoms with Crippen LogP contribution in [0.4, 0.5) is 0 Å². The van der Waals surface area contributed by atoms with Crippen molar-refractivity contribution in [2.75, 3.05) is 26.3 Å². The van der Waals surface area contributed by atoms with Crippen molar-refractivity contribution in [1.82, 2.24) is 4.90 Å². The van der Waals surface area contributed by atoms with Gasteiger partial charge in [0.1, 0.15) is 0 Å². The van der Waals surface area contributed by atoms with Gasteiger partial charge in [0, 0.05) is 19.6 Å². The second-order valence-electron chi connectivity index (χ2n) is 6.16. The third kappa shape index (κ3) is 3.80. The molecule has 0 saturated carbocycles. The van der Waals surface area contributed by atoms with Crippen molar-refractivity contribution in [3.63, 3.8) is 0 Å². The fourth-order valence-corrected chi connectivity index (χ4v) is 2.65. The highest BCUT2D eigenvalue weighted by Crippen LogP contribution is 2.26. The number of hydrogen-bond acceptors (Lipinski definition) is 2. The Morgan fingerprint density at radius 2 is 1.74 bits per heavy atom. The second-order valence-corrected chi connectivity index (χ2v) is 6.16. The molecule has 1 fully saturated rings. The quantitative estimate of drug-likeness (QED) is 0.818. The van der Waals surface area contributed by atoms with Crippen molar-refractivity contribution in [3.05, 3.63) is 34.9 Å². The van der Waals surface area contributed by atoms with Gasteiger partial charge in [-0.2, -0.15) is 0 Å². The third-order valence-corrected chi connectivity index (χ3v) is 3.96. The molecule has 106 valence electrons. The second kappa shape index (κ2) is 6.53. The summed E-state index contributed by atoms with van der Waals surface area (Å²) < 4.78 is 5.42. The van der Waals surface area contributed by atoms with E-state index in [0.717, 1.165) is 32.8 Å². The van der Waals surface area contributed by atoms with Crippen molar-refractivity contribution < 1.29 is 4.74 Å². The Balaban J connectivity index is 2.18. The van der Waals surface area contributed by atoms with Gasteiger partial charge in [-0.1, -0.05) is 45.9 Å². The topological polar surface area (TPSA) is 12.5 Å². The molecular formula is C17H27NO. The van der Waals surface area contributed by atoms with Crippen molar-refractivity contribution in [1.29, 1.82) is 0 Å². The first-order valence-electron chi connectivity index (χ1n) is 7.50. The summed E-state index contributed by atoms with van der Waals surface area (Å²) in [5, 5.41) is 0. The van der Waals surface area contributed by atoms with E-state index in [1.165, 1.54) is 16.7 Å². The summed E-state index contributed by atoms with van der Waals surface area (Å²) in [6.07, 6.45) is 0. The minimum atomic E-state index is 0.592. The highest BCUT2D eigenvalue weighted by atomic mass is 16.5. The Morgan fingerprint density at radius 1 is 1.05 bits per heavy atom. The SMILES string of the molecule is CC(C)c1ccc(CN2CCOCC2)c(C(C)C)c1. The van der Waals surface area contributed by atoms with Crippen LogP contribution >= 0.6 is 0 Å². The Kier molecular flexibility index (Phi) is 5.00. The molecule has 1 saturated heterocycles. The largest absolute Gasteiger partial charge is 0.379 e. The lowest BCUT2D eigenvalue weighted by molar-refractivity contribution is 0.0340. The maximum Gasteiger partial charge on any atom is 0.0594 e. The van der Waals surface area contributed by atoms with E-state index in [2.05, 4.69) is 50.8 Å². The van der Waals surface area contributed by atoms with Crippen molar-refractivity contribution in [3.8, 4) is 0 Å². The van der Waals surface area contributed by atoms with Gasteiger partial charge in [0.05, 0.1) is 13.2 Å². The first kappa shape index (κ1) is 14.5. The van der Waals surface area contributed by atoms with Crippen LogP contribution in [-0.4, -0.2) is 31.2 Å². The molecule has 19 heavy (non-hydrogen) atoms. The van der Waals surface area contributed by atoms with E-state index in [9.17, 15) is 0 Å². The molecule has 0 aliphatic carbocycles. The van der Waals surface area contributed by atoms with Gasteiger partial charge < -0.3 is 4.74 Å². The van der Waals surface area contributed by atoms with E-state index < -0.39 is 0 Å². The minimum absolute atomic E-state index is 0.592. The molecule has 2 nitrogen and oxygen atoms in total. The van der Waals surface area contributed by atoms with Crippen LogP contribution < -0.4 is 0 Å². The number of hydrogen-bond donors (Lipinski definition) is 0. The van der Waals surface area contributed by atoms with Crippen molar-refractivity contribution in [2.24, 2.45) is 0 Å². The lowest BCUT2D eigenvalue weighted by Crippen LogP contribution is -2.35. The molecule has 2 rings (SSSR count). The maximum absolute atomic E-state index is 5.42. The van der Waals surface area contributed by atoms with Gasteiger partial charge in [0.25, 0.3) is 0 Å². The predicted molar refractivity (Wildman–Crippen MR) is 80.7 cm³/mol. The van der Waals surface area contributed by atoms with E-state index in [0.29, 0.717) is 11.8 Å². The molecule has 0 radical (unpaired) electrons. The third-order valence-electron chi connectivity index (χ3n) is 3.96. The average molecular weight is 261 g/mol. The average Bonchev–Trinajstić information content (AvgIpc) is 2.39. The van der Waals surface area contributed by atoms with E-state index >= 15 is 0 Å². The summed E-state index contributed by atoms with van der Waals surface area (Å²) in [5.41, 5.74) is 4.45. The molecule has 2 heteroatoms. The maximum atomic E-state index is 5.42. The number of ether oxygens (including phenoxy) is 1. The van der Waals surface area contributed by atoms with Gasteiger partial charge >= 0.3 is 0 Å². The Labute approximate surface area is 117 Å². The minimum Gasteiger partial charge on any atom is -0.379 e. The summed E-state index contributed by atoms with van der Waals surface area (Å²) in [6.45, 7) is 14.1. The van der Waals surface area contributed by atoms with Gasteiger partial charge in [-0.3, -0.25) is 4.90 Å². The highest BCUT2D eigenvalue weighted by Gasteiger charge is 2.15. The predicted octanol–water partition coefficient (Wildman–Crippen LogP) is 3.77. The zero-order valence-electron chi connectivity index (χ0n) is 12.8. The normalized spacial score (nSPS) is 17.4. The molecule has 0 unspecified atom stereocenters. The van der Waals surface area contributed by atoms with Crippen LogP contribution in [-0.2, 0) is 11.3 Å². The molecule has 1 heterocycles. The molecular weight excluding hydrogens is 234 g/mol. The van der Waals surface area contributed by atoms with Gasteiger partial charge in [-0.25, -0.2) is 0 Å². The molecule has 1 aliphatic heterocycles. The Morgan fingerprint density at radius 3 is 2.32 bits per heavy atom. The van der Waals surface area contributed by atoms with Crippen LogP contribution in [0.15, 0.2) is 18.2 Å². The summed E-state index contributed by atoms with van der Waals surface area (Å²) in [7, 11) is 0. The van der Waals surface area contributed by atoms with Gasteiger partial charge in [0.15, 0.2) is 0 Å². The summed E-state index contributed by atoms with van der Waals surface area (Å²) in [6, 6.07) is 7.04. The van der Waals surface area contributed by atoms with E-state index in [1.807, 2.05) is 0 Å². The smallest absolute Gasteiger partial charge is 0.0594 e. The standard InChI is InChI=1S/C17H27NO/c1-13(2)15-5-6-16(17(11-15)14(3)4)12-18-7-9-19-10-8-18/h5-6,11,13-14H,7-10,12H2,1-4H3. The van der Waals surface area contributed by atoms with Gasteiger partial charge in [-0.15, -0.1) is 0 Å². The summed E-state index contributed by atoms with van der Waals surface area (Å²) in [4.78, 5) is 2.50. The van der Waals surface area contributed by atoms with Gasteiger partial charge in [-0.05, 0) is 28.5 Å². The highest BCUT2D eigenvalue weighted by molar-refractivity contribution is 5.35. The number of nitrogens with zero attached hydrogens (tertiary/aromatic N) is 1. The molecule has 1 aliphatic rings. The van der Waals surface area contributed by atoms with Crippen molar-refractivity contribution in [2.45, 2.75) is 46.1 Å². The van der Waals surface area contributed by atoms with Crippen LogP contribution in [0.25, 0.3) is 0 Å². The monoisotopic (exact) mass is 261 g/mol. The molecule has 0 N–H and O–H groups in total. The van der Waals surface area contributed by atoms with Crippen LogP contribution in [0.2, 0.25) is 0 Å². The molecule has 0 atom stereocenters. The first-order chi connectivity index (χ1) is 9.08. The molecule has 1 aromatic rings.